The van der Waals surface area contributed by atoms with Gasteiger partial charge in [0.15, 0.2) is 0 Å². The van der Waals surface area contributed by atoms with Crippen molar-refractivity contribution in [3.8, 4) is 27.9 Å². The topological polar surface area (TPSA) is 4.93 Å². The van der Waals surface area contributed by atoms with E-state index in [0.29, 0.717) is 5.92 Å². The quantitative estimate of drug-likeness (QED) is 0.171. The maximum absolute atomic E-state index is 2.53. The Kier molecular flexibility index (Phi) is 6.14. The largest absolute Gasteiger partial charge is 0.309 e. The summed E-state index contributed by atoms with van der Waals surface area (Å²) in [5.41, 5.74) is 13.4. The Morgan fingerprint density at radius 2 is 1.17 bits per heavy atom. The molecule has 226 valence electrons. The second kappa shape index (κ2) is 10.8. The highest BCUT2D eigenvalue weighted by Gasteiger charge is 2.32. The minimum atomic E-state index is 0.313. The highest BCUT2D eigenvalue weighted by molar-refractivity contribution is 6.17. The molecule has 8 aromatic carbocycles. The minimum absolute atomic E-state index is 0.313. The molecule has 1 aromatic heterocycles. The zero-order chi connectivity index (χ0) is 31.6. The molecule has 48 heavy (non-hydrogen) atoms. The number of nitrogens with zero attached hydrogens (tertiary/aromatic N) is 1. The van der Waals surface area contributed by atoms with Gasteiger partial charge in [-0.15, -0.1) is 0 Å². The smallest absolute Gasteiger partial charge is 0.0546 e. The number of hydrogen-bond acceptors (Lipinski definition) is 0. The van der Waals surface area contributed by atoms with Crippen LogP contribution in [0.1, 0.15) is 29.0 Å². The lowest BCUT2D eigenvalue weighted by atomic mass is 9.87. The number of rotatable bonds is 5. The summed E-state index contributed by atoms with van der Waals surface area (Å²) in [6.07, 6.45) is 2.07. The zero-order valence-electron chi connectivity index (χ0n) is 26.6. The maximum atomic E-state index is 2.53. The summed E-state index contributed by atoms with van der Waals surface area (Å²) >= 11 is 0. The van der Waals surface area contributed by atoms with Crippen molar-refractivity contribution in [2.75, 3.05) is 0 Å². The third-order valence-electron chi connectivity index (χ3n) is 10.6. The fourth-order valence-corrected chi connectivity index (χ4v) is 8.51. The molecule has 1 nitrogen and oxygen atoms in total. The molecule has 1 heteroatoms. The van der Waals surface area contributed by atoms with Crippen LogP contribution in [-0.4, -0.2) is 4.57 Å². The molecule has 0 spiro atoms. The Morgan fingerprint density at radius 1 is 0.458 bits per heavy atom. The lowest BCUT2D eigenvalue weighted by Gasteiger charge is -2.17. The van der Waals surface area contributed by atoms with E-state index in [4.69, 9.17) is 0 Å². The Morgan fingerprint density at radius 3 is 2.06 bits per heavy atom. The van der Waals surface area contributed by atoms with Gasteiger partial charge in [-0.3, -0.25) is 0 Å². The van der Waals surface area contributed by atoms with Crippen molar-refractivity contribution >= 4 is 43.4 Å². The van der Waals surface area contributed by atoms with E-state index in [-0.39, 0.29) is 0 Å². The van der Waals surface area contributed by atoms with Gasteiger partial charge < -0.3 is 4.57 Å². The molecule has 0 radical (unpaired) electrons. The fraction of sp³-hybridized carbons (Fsp3) is 0.0638. The third kappa shape index (κ3) is 4.11. The van der Waals surface area contributed by atoms with Gasteiger partial charge in [-0.05, 0) is 86.1 Å². The summed E-state index contributed by atoms with van der Waals surface area (Å²) in [7, 11) is 0. The van der Waals surface area contributed by atoms with Crippen molar-refractivity contribution in [3.05, 3.63) is 187 Å². The molecule has 0 N–H and O–H groups in total. The van der Waals surface area contributed by atoms with Crippen LogP contribution in [0.4, 0.5) is 0 Å². The SMILES string of the molecule is c1ccc(-c2cccc(CCC3c4ccccc4-c4ccc5c(c43)c3ccccc3n5-c3cc4ccccc4c4ccccc34)c2)cc1. The number of hydrogen-bond donors (Lipinski definition) is 0. The molecule has 1 atom stereocenters. The first-order valence-electron chi connectivity index (χ1n) is 17.0. The molecule has 1 aliphatic carbocycles. The summed E-state index contributed by atoms with van der Waals surface area (Å²) in [4.78, 5) is 0. The first-order chi connectivity index (χ1) is 23.8. The molecule has 0 saturated carbocycles. The summed E-state index contributed by atoms with van der Waals surface area (Å²) < 4.78 is 2.53. The first-order valence-corrected chi connectivity index (χ1v) is 17.0. The number of fused-ring (bicyclic) bond motifs is 10. The van der Waals surface area contributed by atoms with Gasteiger partial charge in [-0.1, -0.05) is 152 Å². The Balaban J connectivity index is 1.18. The van der Waals surface area contributed by atoms with Crippen LogP contribution in [0.5, 0.6) is 0 Å². The summed E-state index contributed by atoms with van der Waals surface area (Å²) in [6.45, 7) is 0. The van der Waals surface area contributed by atoms with Gasteiger partial charge in [0, 0.05) is 22.1 Å². The van der Waals surface area contributed by atoms with E-state index in [1.807, 2.05) is 0 Å². The molecule has 10 rings (SSSR count). The summed E-state index contributed by atoms with van der Waals surface area (Å²) in [5.74, 6) is 0.313. The van der Waals surface area contributed by atoms with Crippen molar-refractivity contribution in [1.82, 2.24) is 4.57 Å². The van der Waals surface area contributed by atoms with Crippen LogP contribution in [0.2, 0.25) is 0 Å². The van der Waals surface area contributed by atoms with Crippen LogP contribution in [0.15, 0.2) is 170 Å². The molecule has 0 amide bonds. The molecule has 0 saturated heterocycles. The van der Waals surface area contributed by atoms with E-state index < -0.39 is 0 Å². The van der Waals surface area contributed by atoms with Crippen molar-refractivity contribution < 1.29 is 0 Å². The molecular weight excluding hydrogens is 579 g/mol. The molecule has 9 aromatic rings. The molecule has 1 heterocycles. The lowest BCUT2D eigenvalue weighted by Crippen LogP contribution is -2.01. The van der Waals surface area contributed by atoms with E-state index in [1.54, 1.807) is 0 Å². The van der Waals surface area contributed by atoms with Gasteiger partial charge in [-0.2, -0.15) is 0 Å². The van der Waals surface area contributed by atoms with Crippen LogP contribution in [0.25, 0.3) is 71.3 Å². The summed E-state index contributed by atoms with van der Waals surface area (Å²) in [6, 6.07) is 62.8. The van der Waals surface area contributed by atoms with Gasteiger partial charge in [0.1, 0.15) is 0 Å². The number of aromatic nitrogens is 1. The molecule has 0 fully saturated rings. The van der Waals surface area contributed by atoms with Crippen molar-refractivity contribution in [3.63, 3.8) is 0 Å². The Labute approximate surface area is 280 Å². The first kappa shape index (κ1) is 27.2. The second-order valence-corrected chi connectivity index (χ2v) is 13.2. The molecule has 0 bridgehead atoms. The van der Waals surface area contributed by atoms with Crippen LogP contribution < -0.4 is 0 Å². The van der Waals surface area contributed by atoms with Crippen molar-refractivity contribution in [2.24, 2.45) is 0 Å². The van der Waals surface area contributed by atoms with E-state index in [0.717, 1.165) is 12.8 Å². The fourth-order valence-electron chi connectivity index (χ4n) is 8.51. The van der Waals surface area contributed by atoms with Gasteiger partial charge in [-0.25, -0.2) is 0 Å². The minimum Gasteiger partial charge on any atom is -0.309 e. The highest BCUT2D eigenvalue weighted by Crippen LogP contribution is 2.52. The lowest BCUT2D eigenvalue weighted by molar-refractivity contribution is 0.734. The predicted octanol–water partition coefficient (Wildman–Crippen LogP) is 12.5. The normalized spacial score (nSPS) is 13.8. The zero-order valence-corrected chi connectivity index (χ0v) is 26.6. The molecular formula is C47H33N. The molecule has 1 aliphatic rings. The van der Waals surface area contributed by atoms with Crippen LogP contribution >= 0.6 is 0 Å². The van der Waals surface area contributed by atoms with E-state index in [9.17, 15) is 0 Å². The van der Waals surface area contributed by atoms with Gasteiger partial charge in [0.05, 0.1) is 16.7 Å². The second-order valence-electron chi connectivity index (χ2n) is 13.2. The van der Waals surface area contributed by atoms with Crippen molar-refractivity contribution in [2.45, 2.75) is 18.8 Å². The van der Waals surface area contributed by atoms with Gasteiger partial charge in [0.25, 0.3) is 0 Å². The van der Waals surface area contributed by atoms with Gasteiger partial charge >= 0.3 is 0 Å². The third-order valence-corrected chi connectivity index (χ3v) is 10.6. The van der Waals surface area contributed by atoms with Crippen LogP contribution in [0, 0.1) is 0 Å². The molecule has 1 unspecified atom stereocenters. The number of para-hydroxylation sites is 1. The summed E-state index contributed by atoms with van der Waals surface area (Å²) in [5, 5.41) is 7.84. The molecule has 0 aliphatic heterocycles. The maximum Gasteiger partial charge on any atom is 0.0546 e. The van der Waals surface area contributed by atoms with Crippen LogP contribution in [0.3, 0.4) is 0 Å². The number of benzene rings is 8. The Hall–Kier alpha value is -5.92. The Bertz CT molecular complexity index is 2680. The van der Waals surface area contributed by atoms with E-state index >= 15 is 0 Å². The van der Waals surface area contributed by atoms with Crippen molar-refractivity contribution in [1.29, 1.82) is 0 Å². The average Bonchev–Trinajstić information content (AvgIpc) is 3.66. The van der Waals surface area contributed by atoms with E-state index in [1.165, 1.54) is 88.0 Å². The van der Waals surface area contributed by atoms with Crippen LogP contribution in [-0.2, 0) is 6.42 Å². The predicted molar refractivity (Wildman–Crippen MR) is 203 cm³/mol. The average molecular weight is 612 g/mol. The number of aryl methyl sites for hydroxylation is 1. The van der Waals surface area contributed by atoms with Gasteiger partial charge in [0.2, 0.25) is 0 Å². The van der Waals surface area contributed by atoms with E-state index in [2.05, 4.69) is 174 Å². The standard InChI is InChI=1S/C47H33N/c1-2-14-32(15-3-1)33-17-12-13-31(29-33)25-26-40-37-20-6-7-21-38(37)41-27-28-44-47(46(40)41)42-23-10-11-24-43(42)48(44)45-30-34-16-4-5-18-35(34)36-19-8-9-22-39(36)45/h1-24,27-30,40H,25-26H2. The highest BCUT2D eigenvalue weighted by atomic mass is 15.0. The monoisotopic (exact) mass is 611 g/mol.